The molecule has 0 bridgehead atoms. The number of benzene rings is 8. The van der Waals surface area contributed by atoms with Gasteiger partial charge < -0.3 is 4.90 Å². The first kappa shape index (κ1) is 28.3. The molecule has 0 unspecified atom stereocenters. The van der Waals surface area contributed by atoms with Crippen LogP contribution in [-0.4, -0.2) is 0 Å². The molecule has 0 aliphatic rings. The molecule has 0 N–H and O–H groups in total. The summed E-state index contributed by atoms with van der Waals surface area (Å²) in [4.78, 5) is 2.38. The van der Waals surface area contributed by atoms with Crippen LogP contribution in [0.4, 0.5) is 17.1 Å². The number of hydrogen-bond donors (Lipinski definition) is 0. The molecule has 1 heterocycles. The minimum Gasteiger partial charge on any atom is -0.310 e. The van der Waals surface area contributed by atoms with Crippen LogP contribution < -0.4 is 4.90 Å². The Bertz CT molecular complexity index is 2540. The molecule has 2 heteroatoms. The lowest BCUT2D eigenvalue weighted by Gasteiger charge is -2.26. The number of thiophene rings is 1. The summed E-state index contributed by atoms with van der Waals surface area (Å²) in [5.74, 6) is 0. The first-order valence-corrected chi connectivity index (χ1v) is 17.2. The molecule has 1 aromatic heterocycles. The third-order valence-electron chi connectivity index (χ3n) is 9.28. The van der Waals surface area contributed by atoms with E-state index < -0.39 is 0 Å². The van der Waals surface area contributed by atoms with Crippen LogP contribution in [0.2, 0.25) is 0 Å². The van der Waals surface area contributed by atoms with Crippen LogP contribution in [0, 0.1) is 0 Å². The number of anilines is 3. The molecule has 9 aromatic rings. The number of nitrogens with zero attached hydrogens (tertiary/aromatic N) is 1. The Morgan fingerprint density at radius 2 is 0.854 bits per heavy atom. The van der Waals surface area contributed by atoms with Crippen LogP contribution in [0.5, 0.6) is 0 Å². The van der Waals surface area contributed by atoms with Crippen molar-refractivity contribution in [2.45, 2.75) is 0 Å². The van der Waals surface area contributed by atoms with Crippen LogP contribution in [0.1, 0.15) is 0 Å². The van der Waals surface area contributed by atoms with Gasteiger partial charge in [0.1, 0.15) is 0 Å². The third kappa shape index (κ3) is 5.13. The quantitative estimate of drug-likeness (QED) is 0.177. The molecule has 0 amide bonds. The normalized spacial score (nSPS) is 11.3. The molecule has 0 aliphatic heterocycles. The van der Waals surface area contributed by atoms with Crippen molar-refractivity contribution < 1.29 is 0 Å². The van der Waals surface area contributed by atoms with Crippen LogP contribution in [0.3, 0.4) is 0 Å². The van der Waals surface area contributed by atoms with Gasteiger partial charge in [0.25, 0.3) is 0 Å². The number of hydrogen-bond acceptors (Lipinski definition) is 2. The average molecular weight is 630 g/mol. The molecule has 0 atom stereocenters. The second kappa shape index (κ2) is 12.0. The van der Waals surface area contributed by atoms with E-state index in [-0.39, 0.29) is 0 Å². The number of rotatable bonds is 6. The summed E-state index contributed by atoms with van der Waals surface area (Å²) in [5.41, 5.74) is 10.7. The maximum absolute atomic E-state index is 2.38. The van der Waals surface area contributed by atoms with E-state index in [9.17, 15) is 0 Å². The van der Waals surface area contributed by atoms with Gasteiger partial charge in [-0.15, -0.1) is 11.3 Å². The van der Waals surface area contributed by atoms with E-state index in [4.69, 9.17) is 0 Å². The predicted molar refractivity (Wildman–Crippen MR) is 208 cm³/mol. The predicted octanol–water partition coefficient (Wildman–Crippen LogP) is 13.7. The van der Waals surface area contributed by atoms with Crippen LogP contribution >= 0.6 is 11.3 Å². The van der Waals surface area contributed by atoms with Crippen molar-refractivity contribution in [1.82, 2.24) is 0 Å². The van der Waals surface area contributed by atoms with Gasteiger partial charge in [-0.2, -0.15) is 0 Å². The second-order valence-electron chi connectivity index (χ2n) is 12.2. The third-order valence-corrected chi connectivity index (χ3v) is 10.4. The minimum atomic E-state index is 1.12. The van der Waals surface area contributed by atoms with Crippen molar-refractivity contribution in [1.29, 1.82) is 0 Å². The summed E-state index contributed by atoms with van der Waals surface area (Å²) in [5, 5.41) is 5.11. The smallest absolute Gasteiger partial charge is 0.0468 e. The molecule has 1 nitrogen and oxygen atoms in total. The van der Waals surface area contributed by atoms with Crippen LogP contribution in [-0.2, 0) is 0 Å². The minimum absolute atomic E-state index is 1.12. The van der Waals surface area contributed by atoms with E-state index in [0.717, 1.165) is 17.1 Å². The van der Waals surface area contributed by atoms with Gasteiger partial charge in [0.15, 0.2) is 0 Å². The van der Waals surface area contributed by atoms with E-state index >= 15 is 0 Å². The van der Waals surface area contributed by atoms with E-state index in [1.165, 1.54) is 64.3 Å². The van der Waals surface area contributed by atoms with Gasteiger partial charge in [-0.25, -0.2) is 0 Å². The standard InChI is InChI=1S/C46H31NS/c1-2-11-34(12-3-1)41-14-6-7-15-42(41)35-22-26-39(27-23-35)47(40-28-29-46-44(31-40)43-16-8-9-17-45(43)48-46)38-24-20-33(21-25-38)37-19-18-32-10-4-5-13-36(32)30-37/h1-31H. The van der Waals surface area contributed by atoms with Gasteiger partial charge in [-0.3, -0.25) is 0 Å². The SMILES string of the molecule is c1ccc(-c2ccccc2-c2ccc(N(c3ccc(-c4ccc5ccccc5c4)cc3)c3ccc4sc5ccccc5c4c3)cc2)cc1. The molecule has 48 heavy (non-hydrogen) atoms. The zero-order valence-electron chi connectivity index (χ0n) is 26.3. The van der Waals surface area contributed by atoms with Crippen LogP contribution in [0.25, 0.3) is 64.3 Å². The van der Waals surface area contributed by atoms with Gasteiger partial charge in [0, 0.05) is 37.2 Å². The Labute approximate surface area is 284 Å². The van der Waals surface area contributed by atoms with Crippen molar-refractivity contribution in [2.75, 3.05) is 4.90 Å². The summed E-state index contributed by atoms with van der Waals surface area (Å²) in [6, 6.07) is 68.2. The summed E-state index contributed by atoms with van der Waals surface area (Å²) in [6.07, 6.45) is 0. The second-order valence-corrected chi connectivity index (χ2v) is 13.3. The fourth-order valence-corrected chi connectivity index (χ4v) is 7.95. The number of fused-ring (bicyclic) bond motifs is 4. The molecule has 0 radical (unpaired) electrons. The Balaban J connectivity index is 1.14. The van der Waals surface area contributed by atoms with Gasteiger partial charge in [0.05, 0.1) is 0 Å². The molecule has 0 fully saturated rings. The molecule has 226 valence electrons. The van der Waals surface area contributed by atoms with Crippen molar-refractivity contribution in [2.24, 2.45) is 0 Å². The lowest BCUT2D eigenvalue weighted by Crippen LogP contribution is -2.09. The maximum atomic E-state index is 2.38. The topological polar surface area (TPSA) is 3.24 Å². The fourth-order valence-electron chi connectivity index (χ4n) is 6.87. The van der Waals surface area contributed by atoms with Gasteiger partial charge >= 0.3 is 0 Å². The monoisotopic (exact) mass is 629 g/mol. The maximum Gasteiger partial charge on any atom is 0.0468 e. The Kier molecular flexibility index (Phi) is 7.07. The highest BCUT2D eigenvalue weighted by atomic mass is 32.1. The summed E-state index contributed by atoms with van der Waals surface area (Å²) >= 11 is 1.85. The fraction of sp³-hybridized carbons (Fsp3) is 0. The summed E-state index contributed by atoms with van der Waals surface area (Å²) in [7, 11) is 0. The van der Waals surface area contributed by atoms with E-state index in [1.807, 2.05) is 11.3 Å². The van der Waals surface area contributed by atoms with Crippen molar-refractivity contribution in [3.05, 3.63) is 188 Å². The molecule has 0 saturated heterocycles. The largest absolute Gasteiger partial charge is 0.310 e. The highest BCUT2D eigenvalue weighted by molar-refractivity contribution is 7.25. The molecule has 0 spiro atoms. The highest BCUT2D eigenvalue weighted by Crippen LogP contribution is 2.42. The Hall–Kier alpha value is -5.96. The van der Waals surface area contributed by atoms with E-state index in [2.05, 4.69) is 193 Å². The molecule has 0 aliphatic carbocycles. The van der Waals surface area contributed by atoms with Crippen molar-refractivity contribution in [3.63, 3.8) is 0 Å². The van der Waals surface area contributed by atoms with Gasteiger partial charge in [-0.05, 0) is 98.8 Å². The van der Waals surface area contributed by atoms with E-state index in [0.29, 0.717) is 0 Å². The summed E-state index contributed by atoms with van der Waals surface area (Å²) in [6.45, 7) is 0. The van der Waals surface area contributed by atoms with Crippen molar-refractivity contribution in [3.8, 4) is 33.4 Å². The molecule has 9 rings (SSSR count). The highest BCUT2D eigenvalue weighted by Gasteiger charge is 2.16. The summed E-state index contributed by atoms with van der Waals surface area (Å²) < 4.78 is 2.62. The van der Waals surface area contributed by atoms with Crippen molar-refractivity contribution >= 4 is 59.3 Å². The first-order valence-electron chi connectivity index (χ1n) is 16.3. The van der Waals surface area contributed by atoms with E-state index in [1.54, 1.807) is 0 Å². The van der Waals surface area contributed by atoms with Crippen LogP contribution in [0.15, 0.2) is 188 Å². The Morgan fingerprint density at radius 3 is 1.60 bits per heavy atom. The lowest BCUT2D eigenvalue weighted by molar-refractivity contribution is 1.29. The zero-order valence-corrected chi connectivity index (χ0v) is 27.1. The average Bonchev–Trinajstić information content (AvgIpc) is 3.54. The van der Waals surface area contributed by atoms with Gasteiger partial charge in [-0.1, -0.05) is 133 Å². The zero-order chi connectivity index (χ0) is 31.9. The first-order chi connectivity index (χ1) is 23.8. The molecular formula is C46H31NS. The van der Waals surface area contributed by atoms with Gasteiger partial charge in [0.2, 0.25) is 0 Å². The lowest BCUT2D eigenvalue weighted by atomic mass is 9.94. The molecule has 0 saturated carbocycles. The molecule has 8 aromatic carbocycles. The Morgan fingerprint density at radius 1 is 0.312 bits per heavy atom. The molecular weight excluding hydrogens is 599 g/mol.